The van der Waals surface area contributed by atoms with Crippen molar-refractivity contribution in [3.05, 3.63) is 29.6 Å². The molecule has 1 rings (SSSR count). The number of carbonyl (C=O) groups excluding carboxylic acids is 1. The van der Waals surface area contributed by atoms with Crippen LogP contribution in [0.25, 0.3) is 0 Å². The van der Waals surface area contributed by atoms with Gasteiger partial charge in [-0.25, -0.2) is 4.39 Å². The molecule has 0 spiro atoms. The average Bonchev–Trinajstić information content (AvgIpc) is 2.18. The van der Waals surface area contributed by atoms with E-state index in [-0.39, 0.29) is 11.3 Å². The maximum absolute atomic E-state index is 13.2. The minimum absolute atomic E-state index is 0.299. The van der Waals surface area contributed by atoms with Crippen LogP contribution in [0.1, 0.15) is 16.8 Å². The average molecular weight is 276 g/mol. The predicted molar refractivity (Wildman–Crippen MR) is 58.8 cm³/mol. The van der Waals surface area contributed by atoms with Crippen LogP contribution in [-0.2, 0) is 0 Å². The summed E-state index contributed by atoms with van der Waals surface area (Å²) in [7, 11) is 0. The Morgan fingerprint density at radius 1 is 1.53 bits per heavy atom. The van der Waals surface area contributed by atoms with E-state index in [9.17, 15) is 14.3 Å². The number of amides is 1. The Balaban J connectivity index is 2.73. The van der Waals surface area contributed by atoms with Crippen molar-refractivity contribution in [2.75, 3.05) is 11.9 Å². The van der Waals surface area contributed by atoms with E-state index in [1.807, 2.05) is 0 Å². The molecule has 5 heteroatoms. The van der Waals surface area contributed by atoms with Gasteiger partial charge in [-0.05, 0) is 18.6 Å². The first kappa shape index (κ1) is 12.0. The van der Waals surface area contributed by atoms with Crippen molar-refractivity contribution >= 4 is 21.8 Å². The first-order valence-electron chi connectivity index (χ1n) is 4.48. The van der Waals surface area contributed by atoms with E-state index in [0.29, 0.717) is 6.54 Å². The molecule has 0 fully saturated rings. The van der Waals surface area contributed by atoms with Crippen molar-refractivity contribution in [2.24, 2.45) is 0 Å². The van der Waals surface area contributed by atoms with Crippen LogP contribution < -0.4 is 5.32 Å². The topological polar surface area (TPSA) is 49.3 Å². The summed E-state index contributed by atoms with van der Waals surface area (Å²) in [5.41, 5.74) is -0.299. The molecule has 0 aliphatic rings. The lowest BCUT2D eigenvalue weighted by molar-refractivity contribution is 0.0947. The maximum Gasteiger partial charge on any atom is 0.258 e. The minimum atomic E-state index is -0.716. The molecule has 1 amide bonds. The lowest BCUT2D eigenvalue weighted by Crippen LogP contribution is -2.25. The summed E-state index contributed by atoms with van der Waals surface area (Å²) >= 11 is 3.21. The molecule has 3 nitrogen and oxygen atoms in total. The largest absolute Gasteiger partial charge is 0.507 e. The fourth-order valence-electron chi connectivity index (χ4n) is 1.09. The summed E-state index contributed by atoms with van der Waals surface area (Å²) < 4.78 is 13.2. The molecular weight excluding hydrogens is 265 g/mol. The second kappa shape index (κ2) is 5.70. The third-order valence-corrected chi connectivity index (χ3v) is 2.38. The Labute approximate surface area is 95.4 Å². The summed E-state index contributed by atoms with van der Waals surface area (Å²) in [5, 5.41) is 12.6. The number of halogens is 2. The maximum atomic E-state index is 13.2. The Morgan fingerprint density at radius 3 is 2.87 bits per heavy atom. The van der Waals surface area contributed by atoms with Crippen molar-refractivity contribution < 1.29 is 14.3 Å². The smallest absolute Gasteiger partial charge is 0.258 e. The Bertz CT molecular complexity index is 337. The summed E-state index contributed by atoms with van der Waals surface area (Å²) in [4.78, 5) is 11.4. The van der Waals surface area contributed by atoms with Gasteiger partial charge in [-0.1, -0.05) is 22.0 Å². The standard InChI is InChI=1S/C10H11BrFNO2/c11-5-2-6-13-10(15)9-7(12)3-1-4-8(9)14/h1,3-4,14H,2,5-6H2,(H,13,15). The van der Waals surface area contributed by atoms with Gasteiger partial charge in [0.2, 0.25) is 0 Å². The number of carbonyl (C=O) groups is 1. The highest BCUT2D eigenvalue weighted by molar-refractivity contribution is 9.09. The second-order valence-electron chi connectivity index (χ2n) is 2.93. The highest BCUT2D eigenvalue weighted by Crippen LogP contribution is 2.19. The molecule has 1 aromatic rings. The van der Waals surface area contributed by atoms with Crippen molar-refractivity contribution in [1.29, 1.82) is 0 Å². The van der Waals surface area contributed by atoms with E-state index in [1.54, 1.807) is 0 Å². The highest BCUT2D eigenvalue weighted by atomic mass is 79.9. The van der Waals surface area contributed by atoms with E-state index in [1.165, 1.54) is 12.1 Å². The molecule has 82 valence electrons. The zero-order valence-electron chi connectivity index (χ0n) is 7.96. The number of alkyl halides is 1. The van der Waals surface area contributed by atoms with Crippen molar-refractivity contribution in [1.82, 2.24) is 5.32 Å². The second-order valence-corrected chi connectivity index (χ2v) is 3.73. The van der Waals surface area contributed by atoms with Gasteiger partial charge in [0.15, 0.2) is 0 Å². The lowest BCUT2D eigenvalue weighted by Gasteiger charge is -2.06. The van der Waals surface area contributed by atoms with Crippen LogP contribution in [0.15, 0.2) is 18.2 Å². The molecule has 0 saturated heterocycles. The van der Waals surface area contributed by atoms with Gasteiger partial charge >= 0.3 is 0 Å². The normalized spacial score (nSPS) is 10.0. The van der Waals surface area contributed by atoms with E-state index in [4.69, 9.17) is 0 Å². The summed E-state index contributed by atoms with van der Waals surface area (Å²) in [6.07, 6.45) is 0.751. The van der Waals surface area contributed by atoms with Gasteiger partial charge < -0.3 is 10.4 Å². The fourth-order valence-corrected chi connectivity index (χ4v) is 1.38. The predicted octanol–water partition coefficient (Wildman–Crippen LogP) is 2.05. The van der Waals surface area contributed by atoms with E-state index >= 15 is 0 Å². The number of hydrogen-bond acceptors (Lipinski definition) is 2. The van der Waals surface area contributed by atoms with Gasteiger partial charge in [-0.15, -0.1) is 0 Å². The zero-order valence-corrected chi connectivity index (χ0v) is 9.55. The van der Waals surface area contributed by atoms with Gasteiger partial charge in [0, 0.05) is 11.9 Å². The van der Waals surface area contributed by atoms with Crippen LogP contribution in [0.2, 0.25) is 0 Å². The Morgan fingerprint density at radius 2 is 2.27 bits per heavy atom. The molecule has 0 aliphatic heterocycles. The Hall–Kier alpha value is -1.10. The van der Waals surface area contributed by atoms with Crippen molar-refractivity contribution in [3.63, 3.8) is 0 Å². The molecule has 0 atom stereocenters. The molecule has 0 radical (unpaired) electrons. The van der Waals surface area contributed by atoms with Gasteiger partial charge in [0.05, 0.1) is 0 Å². The van der Waals surface area contributed by atoms with Gasteiger partial charge in [0.1, 0.15) is 17.1 Å². The molecule has 0 heterocycles. The molecule has 0 aliphatic carbocycles. The highest BCUT2D eigenvalue weighted by Gasteiger charge is 2.15. The van der Waals surface area contributed by atoms with E-state index < -0.39 is 11.7 Å². The quantitative estimate of drug-likeness (QED) is 0.653. The number of rotatable bonds is 4. The van der Waals surface area contributed by atoms with Crippen LogP contribution in [0.4, 0.5) is 4.39 Å². The molecule has 0 aromatic heterocycles. The zero-order chi connectivity index (χ0) is 11.3. The molecule has 15 heavy (non-hydrogen) atoms. The van der Waals surface area contributed by atoms with Gasteiger partial charge in [-0.2, -0.15) is 0 Å². The number of benzene rings is 1. The summed E-state index contributed by atoms with van der Waals surface area (Å²) in [5.74, 6) is -1.65. The molecule has 0 unspecified atom stereocenters. The van der Waals surface area contributed by atoms with Gasteiger partial charge in [0.25, 0.3) is 5.91 Å². The molecule has 2 N–H and O–H groups in total. The van der Waals surface area contributed by atoms with Crippen molar-refractivity contribution in [2.45, 2.75) is 6.42 Å². The first-order valence-corrected chi connectivity index (χ1v) is 5.60. The summed E-state index contributed by atoms with van der Waals surface area (Å²) in [6, 6.07) is 3.77. The Kier molecular flexibility index (Phi) is 4.55. The van der Waals surface area contributed by atoms with Crippen LogP contribution in [-0.4, -0.2) is 22.9 Å². The number of phenolic OH excluding ortho intramolecular Hbond substituents is 1. The van der Waals surface area contributed by atoms with Crippen LogP contribution in [0, 0.1) is 5.82 Å². The summed E-state index contributed by atoms with van der Waals surface area (Å²) in [6.45, 7) is 0.442. The first-order chi connectivity index (χ1) is 7.16. The van der Waals surface area contributed by atoms with Crippen LogP contribution in [0.5, 0.6) is 5.75 Å². The van der Waals surface area contributed by atoms with Gasteiger partial charge in [-0.3, -0.25) is 4.79 Å². The third-order valence-electron chi connectivity index (χ3n) is 1.81. The number of aromatic hydroxyl groups is 1. The SMILES string of the molecule is O=C(NCCCBr)c1c(O)cccc1F. The van der Waals surface area contributed by atoms with E-state index in [2.05, 4.69) is 21.2 Å². The van der Waals surface area contributed by atoms with Crippen LogP contribution in [0.3, 0.4) is 0 Å². The number of nitrogens with one attached hydrogen (secondary N) is 1. The lowest BCUT2D eigenvalue weighted by atomic mass is 10.1. The van der Waals surface area contributed by atoms with E-state index in [0.717, 1.165) is 17.8 Å². The molecule has 0 saturated carbocycles. The minimum Gasteiger partial charge on any atom is -0.507 e. The number of hydrogen-bond donors (Lipinski definition) is 2. The fraction of sp³-hybridized carbons (Fsp3) is 0.300. The molecular formula is C10H11BrFNO2. The number of phenols is 1. The molecule has 1 aromatic carbocycles. The molecule has 0 bridgehead atoms. The third kappa shape index (κ3) is 3.20. The van der Waals surface area contributed by atoms with Crippen LogP contribution >= 0.6 is 15.9 Å². The van der Waals surface area contributed by atoms with Crippen molar-refractivity contribution in [3.8, 4) is 5.75 Å². The monoisotopic (exact) mass is 275 g/mol.